The van der Waals surface area contributed by atoms with Crippen molar-refractivity contribution in [1.29, 1.82) is 5.26 Å². The zero-order valence-corrected chi connectivity index (χ0v) is 14.9. The maximum absolute atomic E-state index is 12.6. The second-order valence-corrected chi connectivity index (χ2v) is 6.06. The van der Waals surface area contributed by atoms with Crippen LogP contribution in [0.1, 0.15) is 30.7 Å². The summed E-state index contributed by atoms with van der Waals surface area (Å²) >= 11 is 0. The Hall–Kier alpha value is -3.58. The lowest BCUT2D eigenvalue weighted by atomic mass is 9.77. The molecule has 0 saturated carbocycles. The third-order valence-electron chi connectivity index (χ3n) is 4.63. The van der Waals surface area contributed by atoms with Gasteiger partial charge in [0.05, 0.1) is 16.9 Å². The molecule has 2 aliphatic heterocycles. The smallest absolute Gasteiger partial charge is 0.277 e. The zero-order valence-electron chi connectivity index (χ0n) is 14.9. The number of hydrogen-bond donors (Lipinski definition) is 2. The van der Waals surface area contributed by atoms with E-state index < -0.39 is 10.8 Å². The van der Waals surface area contributed by atoms with Gasteiger partial charge in [0.25, 0.3) is 5.69 Å². The van der Waals surface area contributed by atoms with Crippen LogP contribution in [0.3, 0.4) is 0 Å². The van der Waals surface area contributed by atoms with Crippen LogP contribution in [0.4, 0.5) is 5.69 Å². The van der Waals surface area contributed by atoms with Gasteiger partial charge in [-0.1, -0.05) is 0 Å². The minimum atomic E-state index is -0.966. The highest BCUT2D eigenvalue weighted by molar-refractivity contribution is 5.99. The first-order valence-electron chi connectivity index (χ1n) is 8.37. The largest absolute Gasteiger partial charge is 0.454 e. The van der Waals surface area contributed by atoms with Gasteiger partial charge in [0.1, 0.15) is 17.4 Å². The molecule has 2 heterocycles. The molecule has 0 radical (unpaired) electrons. The monoisotopic (exact) mass is 387 g/mol. The number of hydrogen-bond acceptors (Lipinski definition) is 9. The molecule has 28 heavy (non-hydrogen) atoms. The lowest BCUT2D eigenvalue weighted by molar-refractivity contribution is -0.385. The number of rotatable bonds is 2. The van der Waals surface area contributed by atoms with Crippen LogP contribution in [0.25, 0.3) is 0 Å². The number of fused-ring (bicyclic) bond motifs is 1. The molecule has 0 saturated heterocycles. The molecule has 0 bridgehead atoms. The number of nitrogens with two attached hydrogens (primary N) is 1. The maximum atomic E-state index is 12.6. The third kappa shape index (κ3) is 3.01. The van der Waals surface area contributed by atoms with Gasteiger partial charge in [-0.15, -0.1) is 0 Å². The second-order valence-electron chi connectivity index (χ2n) is 6.06. The predicted molar refractivity (Wildman–Crippen MR) is 93.9 cm³/mol. The molecule has 1 aromatic carbocycles. The first kappa shape index (κ1) is 19.2. The zero-order chi connectivity index (χ0) is 20.4. The summed E-state index contributed by atoms with van der Waals surface area (Å²) in [6, 6.07) is 4.62. The van der Waals surface area contributed by atoms with E-state index in [0.29, 0.717) is 24.4 Å². The van der Waals surface area contributed by atoms with Crippen LogP contribution < -0.4 is 15.2 Å². The number of aliphatic hydroxyl groups is 1. The van der Waals surface area contributed by atoms with Gasteiger partial charge in [-0.2, -0.15) is 5.26 Å². The predicted octanol–water partition coefficient (Wildman–Crippen LogP) is 1.75. The van der Waals surface area contributed by atoms with Crippen molar-refractivity contribution in [2.75, 3.05) is 13.9 Å². The molecule has 3 N–H and O–H groups in total. The third-order valence-corrected chi connectivity index (χ3v) is 4.63. The molecule has 1 atom stereocenters. The number of allylic oxidation sites excluding steroid dienone is 3. The minimum absolute atomic E-state index is 0.0269. The first-order chi connectivity index (χ1) is 13.5. The molecule has 0 fully saturated rings. The molecular formula is C18H17N3O7. The second kappa shape index (κ2) is 7.58. The quantitative estimate of drug-likeness (QED) is 0.569. The Balaban J connectivity index is 0.00000109. The molecule has 0 aromatic heterocycles. The molecule has 0 spiro atoms. The Morgan fingerprint density at radius 1 is 1.29 bits per heavy atom. The standard InChI is InChI=1S/C17H13N3O6.CH4O/c18-6-9-15(16-11(21)2-1-3-12(16)26-17(9)19)8-4-13-14(25-7-24-13)5-10(8)20(22)23;1-2/h4-5,15H,1-3,7,19H2;2H,1H3. The Morgan fingerprint density at radius 2 is 1.96 bits per heavy atom. The summed E-state index contributed by atoms with van der Waals surface area (Å²) in [4.78, 5) is 23.6. The van der Waals surface area contributed by atoms with E-state index in [1.807, 2.05) is 6.07 Å². The molecule has 10 nitrogen and oxygen atoms in total. The average molecular weight is 387 g/mol. The Bertz CT molecular complexity index is 959. The maximum Gasteiger partial charge on any atom is 0.277 e. The normalized spacial score (nSPS) is 19.9. The summed E-state index contributed by atoms with van der Waals surface area (Å²) in [5.74, 6) is -0.381. The molecule has 0 amide bonds. The fourth-order valence-corrected chi connectivity index (χ4v) is 3.50. The molecule has 3 aliphatic rings. The van der Waals surface area contributed by atoms with Crippen LogP contribution in [0, 0.1) is 21.4 Å². The van der Waals surface area contributed by atoms with E-state index in [4.69, 9.17) is 25.1 Å². The highest BCUT2D eigenvalue weighted by Gasteiger charge is 2.41. The SMILES string of the molecule is CO.N#CC1=C(N)OC2=C(C(=O)CCC2)C1c1cc2c(cc1[N+](=O)[O-])OCO2. The average Bonchev–Trinajstić information content (AvgIpc) is 3.15. The van der Waals surface area contributed by atoms with Crippen LogP contribution >= 0.6 is 0 Å². The van der Waals surface area contributed by atoms with Crippen molar-refractivity contribution in [3.63, 3.8) is 0 Å². The van der Waals surface area contributed by atoms with Crippen LogP contribution in [0.5, 0.6) is 11.5 Å². The molecule has 1 aliphatic carbocycles. The summed E-state index contributed by atoms with van der Waals surface area (Å²) in [6.45, 7) is -0.0559. The van der Waals surface area contributed by atoms with E-state index in [0.717, 1.165) is 7.11 Å². The van der Waals surface area contributed by atoms with Gasteiger partial charge in [-0.05, 0) is 12.5 Å². The molecule has 4 rings (SSSR count). The Labute approximate surface area is 159 Å². The highest BCUT2D eigenvalue weighted by Crippen LogP contribution is 2.49. The van der Waals surface area contributed by atoms with E-state index in [1.165, 1.54) is 12.1 Å². The number of benzene rings is 1. The van der Waals surface area contributed by atoms with Crippen molar-refractivity contribution >= 4 is 11.5 Å². The topological polar surface area (TPSA) is 158 Å². The van der Waals surface area contributed by atoms with Crippen molar-refractivity contribution < 1.29 is 29.0 Å². The number of nitro groups is 1. The van der Waals surface area contributed by atoms with Crippen molar-refractivity contribution in [1.82, 2.24) is 0 Å². The minimum Gasteiger partial charge on any atom is -0.454 e. The number of nitrogens with zero attached hydrogens (tertiary/aromatic N) is 2. The fraction of sp³-hybridized carbons (Fsp3) is 0.333. The summed E-state index contributed by atoms with van der Waals surface area (Å²) in [5, 5.41) is 28.2. The summed E-state index contributed by atoms with van der Waals surface area (Å²) < 4.78 is 16.0. The van der Waals surface area contributed by atoms with Gasteiger partial charge >= 0.3 is 0 Å². The van der Waals surface area contributed by atoms with E-state index in [9.17, 15) is 20.2 Å². The van der Waals surface area contributed by atoms with Gasteiger partial charge in [0.15, 0.2) is 17.3 Å². The van der Waals surface area contributed by atoms with E-state index in [2.05, 4.69) is 0 Å². The Morgan fingerprint density at radius 3 is 2.61 bits per heavy atom. The van der Waals surface area contributed by atoms with Crippen LogP contribution in [0.15, 0.2) is 34.9 Å². The molecule has 146 valence electrons. The number of ketones is 1. The lowest BCUT2D eigenvalue weighted by Gasteiger charge is -2.30. The highest BCUT2D eigenvalue weighted by atomic mass is 16.7. The number of aliphatic hydroxyl groups excluding tert-OH is 1. The van der Waals surface area contributed by atoms with Crippen LogP contribution in [-0.2, 0) is 9.53 Å². The number of carbonyl (C=O) groups is 1. The number of ether oxygens (including phenoxy) is 3. The van der Waals surface area contributed by atoms with Crippen LogP contribution in [0.2, 0.25) is 0 Å². The Kier molecular flexibility index (Phi) is 5.19. The number of carbonyl (C=O) groups excluding carboxylic acids is 1. The van der Waals surface area contributed by atoms with Crippen molar-refractivity contribution in [3.8, 4) is 17.6 Å². The fourth-order valence-electron chi connectivity index (χ4n) is 3.50. The summed E-state index contributed by atoms with van der Waals surface area (Å²) in [5.41, 5.74) is 5.98. The van der Waals surface area contributed by atoms with Gasteiger partial charge < -0.3 is 25.1 Å². The number of Topliss-reactive ketones (excluding diaryl/α,β-unsaturated/α-hetero) is 1. The van der Waals surface area contributed by atoms with Gasteiger partial charge in [-0.25, -0.2) is 0 Å². The van der Waals surface area contributed by atoms with E-state index >= 15 is 0 Å². The van der Waals surface area contributed by atoms with Gasteiger partial charge in [0.2, 0.25) is 12.7 Å². The number of nitriles is 1. The summed E-state index contributed by atoms with van der Waals surface area (Å²) in [7, 11) is 1.00. The molecule has 1 aromatic rings. The molecular weight excluding hydrogens is 370 g/mol. The van der Waals surface area contributed by atoms with E-state index in [1.54, 1.807) is 0 Å². The first-order valence-corrected chi connectivity index (χ1v) is 8.37. The van der Waals surface area contributed by atoms with E-state index in [-0.39, 0.29) is 53.0 Å². The lowest BCUT2D eigenvalue weighted by Crippen LogP contribution is -2.27. The molecule has 10 heteroatoms. The van der Waals surface area contributed by atoms with Crippen molar-refractivity contribution in [2.45, 2.75) is 25.2 Å². The van der Waals surface area contributed by atoms with Gasteiger partial charge in [-0.3, -0.25) is 14.9 Å². The summed E-state index contributed by atoms with van der Waals surface area (Å²) in [6.07, 6.45) is 1.37. The van der Waals surface area contributed by atoms with Gasteiger partial charge in [0, 0.05) is 31.1 Å². The van der Waals surface area contributed by atoms with Crippen LogP contribution in [-0.4, -0.2) is 29.7 Å². The number of nitro benzene ring substituents is 1. The van der Waals surface area contributed by atoms with Crippen molar-refractivity contribution in [2.24, 2.45) is 5.73 Å². The van der Waals surface area contributed by atoms with Crippen molar-refractivity contribution in [3.05, 3.63) is 50.6 Å². The molecule has 1 unspecified atom stereocenters.